The van der Waals surface area contributed by atoms with E-state index < -0.39 is 0 Å². The Labute approximate surface area is 126 Å². The van der Waals surface area contributed by atoms with Crippen LogP contribution in [-0.4, -0.2) is 32.4 Å². The molecule has 0 spiro atoms. The van der Waals surface area contributed by atoms with E-state index in [4.69, 9.17) is 9.47 Å². The van der Waals surface area contributed by atoms with Crippen LogP contribution in [0.5, 0.6) is 0 Å². The summed E-state index contributed by atoms with van der Waals surface area (Å²) in [5.74, 6) is -0.195. The number of nitrogens with one attached hydrogen (secondary N) is 1. The van der Waals surface area contributed by atoms with Crippen LogP contribution in [0.3, 0.4) is 0 Å². The van der Waals surface area contributed by atoms with E-state index in [1.165, 1.54) is 6.07 Å². The maximum Gasteiger partial charge on any atom is 0.129 e. The van der Waals surface area contributed by atoms with Crippen LogP contribution in [0.4, 0.5) is 4.39 Å². The van der Waals surface area contributed by atoms with Gasteiger partial charge in [0, 0.05) is 19.2 Å². The Balaban J connectivity index is 2.04. The predicted octanol–water partition coefficient (Wildman–Crippen LogP) is 3.45. The molecule has 1 aliphatic rings. The molecule has 0 aliphatic heterocycles. The maximum absolute atomic E-state index is 14.0. The number of rotatable bonds is 7. The van der Waals surface area contributed by atoms with Crippen molar-refractivity contribution in [2.75, 3.05) is 20.2 Å². The lowest BCUT2D eigenvalue weighted by molar-refractivity contribution is -0.0664. The molecule has 3 nitrogen and oxygen atoms in total. The van der Waals surface area contributed by atoms with Gasteiger partial charge in [-0.2, -0.15) is 0 Å². The molecule has 0 bridgehead atoms. The van der Waals surface area contributed by atoms with E-state index in [-0.39, 0.29) is 24.1 Å². The van der Waals surface area contributed by atoms with Crippen molar-refractivity contribution in [2.45, 2.75) is 50.9 Å². The number of likely N-dealkylation sites (N-methyl/N-ethyl adjacent to an activating group) is 1. The van der Waals surface area contributed by atoms with Gasteiger partial charge in [0.25, 0.3) is 0 Å². The molecule has 1 aromatic rings. The summed E-state index contributed by atoms with van der Waals surface area (Å²) in [6, 6.07) is 6.88. The minimum atomic E-state index is -0.244. The first-order chi connectivity index (χ1) is 10.2. The molecule has 3 unspecified atom stereocenters. The number of hydrogen-bond donors (Lipinski definition) is 1. The average Bonchev–Trinajstić information content (AvgIpc) is 2.52. The topological polar surface area (TPSA) is 30.5 Å². The Morgan fingerprint density at radius 1 is 1.29 bits per heavy atom. The van der Waals surface area contributed by atoms with E-state index in [1.54, 1.807) is 13.2 Å². The van der Waals surface area contributed by atoms with Crippen LogP contribution in [0.2, 0.25) is 0 Å². The molecule has 0 heterocycles. The van der Waals surface area contributed by atoms with Crippen LogP contribution in [-0.2, 0) is 9.47 Å². The number of hydrogen-bond acceptors (Lipinski definition) is 3. The second kappa shape index (κ2) is 8.47. The quantitative estimate of drug-likeness (QED) is 0.836. The molecule has 1 N–H and O–H groups in total. The van der Waals surface area contributed by atoms with E-state index in [9.17, 15) is 4.39 Å². The molecule has 118 valence electrons. The van der Waals surface area contributed by atoms with Crippen molar-refractivity contribution >= 4 is 0 Å². The zero-order valence-electron chi connectivity index (χ0n) is 13.0. The molecule has 0 amide bonds. The van der Waals surface area contributed by atoms with Crippen molar-refractivity contribution in [3.63, 3.8) is 0 Å². The largest absolute Gasteiger partial charge is 0.381 e. The summed E-state index contributed by atoms with van der Waals surface area (Å²) < 4.78 is 25.7. The fourth-order valence-electron chi connectivity index (χ4n) is 2.92. The Hall–Kier alpha value is -0.970. The van der Waals surface area contributed by atoms with E-state index >= 15 is 0 Å². The molecular weight excluding hydrogens is 269 g/mol. The van der Waals surface area contributed by atoms with E-state index in [1.807, 2.05) is 19.1 Å². The highest BCUT2D eigenvalue weighted by Gasteiger charge is 2.26. The number of methoxy groups -OCH3 is 1. The van der Waals surface area contributed by atoms with Crippen LogP contribution < -0.4 is 5.32 Å². The van der Waals surface area contributed by atoms with Gasteiger partial charge in [-0.1, -0.05) is 25.1 Å². The molecule has 4 heteroatoms. The van der Waals surface area contributed by atoms with Gasteiger partial charge in [0.15, 0.2) is 0 Å². The van der Waals surface area contributed by atoms with Gasteiger partial charge in [0.05, 0.1) is 18.3 Å². The van der Waals surface area contributed by atoms with Gasteiger partial charge >= 0.3 is 0 Å². The zero-order chi connectivity index (χ0) is 15.1. The second-order valence-corrected chi connectivity index (χ2v) is 5.60. The first-order valence-electron chi connectivity index (χ1n) is 7.88. The van der Waals surface area contributed by atoms with E-state index in [0.717, 1.165) is 32.2 Å². The summed E-state index contributed by atoms with van der Waals surface area (Å²) in [5, 5.41) is 3.27. The Bertz CT molecular complexity index is 427. The van der Waals surface area contributed by atoms with Crippen LogP contribution in [0.15, 0.2) is 24.3 Å². The van der Waals surface area contributed by atoms with Gasteiger partial charge in [0.2, 0.25) is 0 Å². The highest BCUT2D eigenvalue weighted by molar-refractivity contribution is 5.20. The van der Waals surface area contributed by atoms with Gasteiger partial charge in [-0.15, -0.1) is 0 Å². The summed E-state index contributed by atoms with van der Waals surface area (Å²) >= 11 is 0. The highest BCUT2D eigenvalue weighted by Crippen LogP contribution is 2.29. The molecule has 0 radical (unpaired) electrons. The SMILES string of the molecule is CCNCC(OC1CCCC(OC)C1)c1ccccc1F. The summed E-state index contributed by atoms with van der Waals surface area (Å²) in [4.78, 5) is 0. The standard InChI is InChI=1S/C17H26FNO2/c1-3-19-12-17(15-9-4-5-10-16(15)18)21-14-8-6-7-13(11-14)20-2/h4-5,9-10,13-14,17,19H,3,6-8,11-12H2,1-2H3. The fraction of sp³-hybridized carbons (Fsp3) is 0.647. The van der Waals surface area contributed by atoms with Crippen LogP contribution >= 0.6 is 0 Å². The van der Waals surface area contributed by atoms with Gasteiger partial charge in [-0.25, -0.2) is 4.39 Å². The number of ether oxygens (including phenoxy) is 2. The normalized spacial score (nSPS) is 24.0. The van der Waals surface area contributed by atoms with Crippen LogP contribution in [0.1, 0.15) is 44.3 Å². The van der Waals surface area contributed by atoms with Gasteiger partial charge in [-0.3, -0.25) is 0 Å². The summed E-state index contributed by atoms with van der Waals surface area (Å²) in [5.41, 5.74) is 0.637. The average molecular weight is 295 g/mol. The van der Waals surface area contributed by atoms with Crippen molar-refractivity contribution < 1.29 is 13.9 Å². The smallest absolute Gasteiger partial charge is 0.129 e. The maximum atomic E-state index is 14.0. The minimum Gasteiger partial charge on any atom is -0.381 e. The van der Waals surface area contributed by atoms with Crippen LogP contribution in [0.25, 0.3) is 0 Å². The monoisotopic (exact) mass is 295 g/mol. The third kappa shape index (κ3) is 4.77. The second-order valence-electron chi connectivity index (χ2n) is 5.60. The molecule has 1 saturated carbocycles. The lowest BCUT2D eigenvalue weighted by Gasteiger charge is -2.32. The number of benzene rings is 1. The first kappa shape index (κ1) is 16.4. The molecule has 1 fully saturated rings. The third-order valence-electron chi connectivity index (χ3n) is 4.10. The molecule has 1 aliphatic carbocycles. The van der Waals surface area contributed by atoms with Gasteiger partial charge < -0.3 is 14.8 Å². The summed E-state index contributed by atoms with van der Waals surface area (Å²) in [7, 11) is 1.75. The highest BCUT2D eigenvalue weighted by atomic mass is 19.1. The van der Waals surface area contributed by atoms with Crippen molar-refractivity contribution in [1.29, 1.82) is 0 Å². The molecule has 3 atom stereocenters. The number of halogens is 1. The molecular formula is C17H26FNO2. The minimum absolute atomic E-state index is 0.145. The molecule has 1 aromatic carbocycles. The first-order valence-corrected chi connectivity index (χ1v) is 7.88. The fourth-order valence-corrected chi connectivity index (χ4v) is 2.92. The third-order valence-corrected chi connectivity index (χ3v) is 4.10. The van der Waals surface area contributed by atoms with Gasteiger partial charge in [0.1, 0.15) is 5.82 Å². The van der Waals surface area contributed by atoms with Crippen molar-refractivity contribution in [1.82, 2.24) is 5.32 Å². The molecule has 2 rings (SSSR count). The molecule has 0 saturated heterocycles. The Morgan fingerprint density at radius 3 is 2.76 bits per heavy atom. The lowest BCUT2D eigenvalue weighted by Crippen LogP contribution is -2.32. The Morgan fingerprint density at radius 2 is 2.05 bits per heavy atom. The van der Waals surface area contributed by atoms with Crippen molar-refractivity contribution in [3.8, 4) is 0 Å². The van der Waals surface area contributed by atoms with Crippen LogP contribution in [0, 0.1) is 5.82 Å². The van der Waals surface area contributed by atoms with Crippen molar-refractivity contribution in [2.24, 2.45) is 0 Å². The predicted molar refractivity (Wildman–Crippen MR) is 81.8 cm³/mol. The Kier molecular flexibility index (Phi) is 6.61. The molecule has 0 aromatic heterocycles. The van der Waals surface area contributed by atoms with Gasteiger partial charge in [-0.05, 0) is 38.3 Å². The van der Waals surface area contributed by atoms with E-state index in [2.05, 4.69) is 5.32 Å². The van der Waals surface area contributed by atoms with E-state index in [0.29, 0.717) is 12.1 Å². The molecule has 21 heavy (non-hydrogen) atoms. The summed E-state index contributed by atoms with van der Waals surface area (Å²) in [6.45, 7) is 3.52. The lowest BCUT2D eigenvalue weighted by atomic mass is 9.94. The zero-order valence-corrected chi connectivity index (χ0v) is 13.0. The van der Waals surface area contributed by atoms with Crippen molar-refractivity contribution in [3.05, 3.63) is 35.6 Å². The summed E-state index contributed by atoms with van der Waals surface area (Å²) in [6.07, 6.45) is 4.29.